The number of hydrogen-bond donors (Lipinski definition) is 0. The van der Waals surface area contributed by atoms with Gasteiger partial charge in [0.15, 0.2) is 0 Å². The largest absolute Gasteiger partial charge is 0.324 e. The zero-order chi connectivity index (χ0) is 14.7. The second-order valence-corrected chi connectivity index (χ2v) is 6.70. The molecule has 1 heterocycles. The van der Waals surface area contributed by atoms with Crippen molar-refractivity contribution in [3.05, 3.63) is 28.8 Å². The minimum Gasteiger partial charge on any atom is -0.324 e. The molecule has 0 radical (unpaired) electrons. The number of alkyl halides is 1. The second kappa shape index (κ2) is 7.01. The van der Waals surface area contributed by atoms with Gasteiger partial charge in [0.1, 0.15) is 11.6 Å². The number of rotatable bonds is 6. The number of benzene rings is 1. The fraction of sp³-hybridized carbons (Fsp3) is 0.500. The topological polar surface area (TPSA) is 17.8 Å². The summed E-state index contributed by atoms with van der Waals surface area (Å²) in [4.78, 5) is 4.50. The lowest BCUT2D eigenvalue weighted by molar-refractivity contribution is 0.596. The van der Waals surface area contributed by atoms with Crippen molar-refractivity contribution in [2.45, 2.75) is 26.3 Å². The molecular formula is C14H17Cl2FN2S. The van der Waals surface area contributed by atoms with Gasteiger partial charge in [-0.1, -0.05) is 18.5 Å². The summed E-state index contributed by atoms with van der Waals surface area (Å²) in [6, 6.07) is 3.32. The summed E-state index contributed by atoms with van der Waals surface area (Å²) in [6.07, 6.45) is 0.663. The monoisotopic (exact) mass is 334 g/mol. The third-order valence-electron chi connectivity index (χ3n) is 3.13. The zero-order valence-electron chi connectivity index (χ0n) is 11.5. The van der Waals surface area contributed by atoms with Gasteiger partial charge in [-0.05, 0) is 18.7 Å². The van der Waals surface area contributed by atoms with Gasteiger partial charge in [-0.3, -0.25) is 0 Å². The first-order valence-electron chi connectivity index (χ1n) is 6.58. The number of halogens is 3. The fourth-order valence-electron chi connectivity index (χ4n) is 2.26. The highest BCUT2D eigenvalue weighted by atomic mass is 35.5. The van der Waals surface area contributed by atoms with Crippen LogP contribution >= 0.6 is 35.0 Å². The van der Waals surface area contributed by atoms with E-state index in [1.54, 1.807) is 6.07 Å². The Morgan fingerprint density at radius 2 is 2.20 bits per heavy atom. The third kappa shape index (κ3) is 3.23. The van der Waals surface area contributed by atoms with Crippen LogP contribution in [0.3, 0.4) is 0 Å². The molecule has 1 atom stereocenters. The Morgan fingerprint density at radius 1 is 1.45 bits per heavy atom. The molecular weight excluding hydrogens is 318 g/mol. The molecule has 0 amide bonds. The smallest absolute Gasteiger partial charge is 0.144 e. The van der Waals surface area contributed by atoms with E-state index in [9.17, 15) is 4.39 Å². The molecule has 20 heavy (non-hydrogen) atoms. The molecule has 2 aromatic rings. The summed E-state index contributed by atoms with van der Waals surface area (Å²) in [5, 5.41) is 0.131. The molecule has 0 fully saturated rings. The van der Waals surface area contributed by atoms with Crippen LogP contribution in [-0.4, -0.2) is 26.9 Å². The van der Waals surface area contributed by atoms with Crippen molar-refractivity contribution in [2.24, 2.45) is 0 Å². The van der Waals surface area contributed by atoms with Gasteiger partial charge in [-0.2, -0.15) is 11.8 Å². The van der Waals surface area contributed by atoms with Gasteiger partial charge in [0.2, 0.25) is 0 Å². The molecule has 1 aromatic heterocycles. The summed E-state index contributed by atoms with van der Waals surface area (Å²) in [6.45, 7) is 4.27. The molecule has 0 saturated carbocycles. The van der Waals surface area contributed by atoms with Crippen LogP contribution in [0.4, 0.5) is 4.39 Å². The van der Waals surface area contributed by atoms with Crippen molar-refractivity contribution in [1.82, 2.24) is 9.55 Å². The Labute approximate surface area is 132 Å². The van der Waals surface area contributed by atoms with Crippen LogP contribution < -0.4 is 0 Å². The van der Waals surface area contributed by atoms with E-state index in [1.807, 2.05) is 11.8 Å². The lowest BCUT2D eigenvalue weighted by Gasteiger charge is -2.17. The van der Waals surface area contributed by atoms with Crippen molar-refractivity contribution in [3.8, 4) is 0 Å². The van der Waals surface area contributed by atoms with E-state index in [1.165, 1.54) is 6.07 Å². The molecule has 2 nitrogen and oxygen atoms in total. The highest BCUT2D eigenvalue weighted by Crippen LogP contribution is 2.28. The number of fused-ring (bicyclic) bond motifs is 1. The van der Waals surface area contributed by atoms with Crippen LogP contribution in [0, 0.1) is 5.82 Å². The quantitative estimate of drug-likeness (QED) is 0.697. The van der Waals surface area contributed by atoms with Gasteiger partial charge in [-0.25, -0.2) is 9.37 Å². The number of thioether (sulfide) groups is 1. The van der Waals surface area contributed by atoms with Crippen LogP contribution in [0.15, 0.2) is 12.1 Å². The number of aromatic nitrogens is 2. The predicted octanol–water partition coefficient (Wildman–Crippen LogP) is 4.92. The molecule has 6 heteroatoms. The Bertz CT molecular complexity index is 600. The van der Waals surface area contributed by atoms with Gasteiger partial charge >= 0.3 is 0 Å². The SMILES string of the molecule is CCSCC(C)n1c(CCCl)nc2cc(F)c(Cl)cc21. The Kier molecular flexibility index (Phi) is 5.58. The summed E-state index contributed by atoms with van der Waals surface area (Å²) in [5.41, 5.74) is 1.51. The minimum atomic E-state index is -0.433. The summed E-state index contributed by atoms with van der Waals surface area (Å²) < 4.78 is 15.7. The molecule has 1 aromatic carbocycles. The van der Waals surface area contributed by atoms with Crippen LogP contribution in [0.5, 0.6) is 0 Å². The van der Waals surface area contributed by atoms with E-state index in [0.29, 0.717) is 17.8 Å². The average molecular weight is 335 g/mol. The van der Waals surface area contributed by atoms with E-state index in [-0.39, 0.29) is 11.1 Å². The van der Waals surface area contributed by atoms with Crippen LogP contribution in [0.25, 0.3) is 11.0 Å². The Hall–Kier alpha value is -0.450. The number of aryl methyl sites for hydroxylation is 1. The first kappa shape index (κ1) is 15.9. The van der Waals surface area contributed by atoms with Gasteiger partial charge in [0, 0.05) is 30.2 Å². The standard InChI is InChI=1S/C14H17Cl2FN2S/c1-3-20-8-9(2)19-13-6-10(16)11(17)7-12(13)18-14(19)4-5-15/h6-7,9H,3-5,8H2,1-2H3. The molecule has 0 spiro atoms. The van der Waals surface area contributed by atoms with Crippen molar-refractivity contribution in [3.63, 3.8) is 0 Å². The maximum absolute atomic E-state index is 13.6. The van der Waals surface area contributed by atoms with E-state index in [4.69, 9.17) is 23.2 Å². The summed E-state index contributed by atoms with van der Waals surface area (Å²) in [7, 11) is 0. The van der Waals surface area contributed by atoms with Gasteiger partial charge in [0.25, 0.3) is 0 Å². The molecule has 0 bridgehead atoms. The van der Waals surface area contributed by atoms with Crippen LogP contribution in [0.1, 0.15) is 25.7 Å². The molecule has 1 unspecified atom stereocenters. The van der Waals surface area contributed by atoms with E-state index >= 15 is 0 Å². The second-order valence-electron chi connectivity index (χ2n) is 4.60. The third-order valence-corrected chi connectivity index (χ3v) is 4.73. The lowest BCUT2D eigenvalue weighted by Crippen LogP contribution is -2.12. The highest BCUT2D eigenvalue weighted by molar-refractivity contribution is 7.99. The summed E-state index contributed by atoms with van der Waals surface area (Å²) >= 11 is 13.6. The number of hydrogen-bond acceptors (Lipinski definition) is 2. The maximum Gasteiger partial charge on any atom is 0.144 e. The first-order valence-corrected chi connectivity index (χ1v) is 8.64. The molecule has 0 saturated heterocycles. The van der Waals surface area contributed by atoms with Gasteiger partial charge in [-0.15, -0.1) is 11.6 Å². The van der Waals surface area contributed by atoms with Crippen molar-refractivity contribution in [2.75, 3.05) is 17.4 Å². The van der Waals surface area contributed by atoms with Crippen LogP contribution in [0.2, 0.25) is 5.02 Å². The van der Waals surface area contributed by atoms with E-state index in [0.717, 1.165) is 22.8 Å². The average Bonchev–Trinajstić information content (AvgIpc) is 2.74. The Balaban J connectivity index is 2.52. The Morgan fingerprint density at radius 3 is 2.85 bits per heavy atom. The predicted molar refractivity (Wildman–Crippen MR) is 86.8 cm³/mol. The summed E-state index contributed by atoms with van der Waals surface area (Å²) in [5.74, 6) is 2.99. The highest BCUT2D eigenvalue weighted by Gasteiger charge is 2.17. The molecule has 2 rings (SSSR count). The maximum atomic E-state index is 13.6. The normalized spacial score (nSPS) is 13.1. The molecule has 0 N–H and O–H groups in total. The van der Waals surface area contributed by atoms with Crippen molar-refractivity contribution in [1.29, 1.82) is 0 Å². The fourth-order valence-corrected chi connectivity index (χ4v) is 3.31. The first-order chi connectivity index (χ1) is 9.58. The van der Waals surface area contributed by atoms with E-state index < -0.39 is 5.82 Å². The molecule has 0 aliphatic rings. The van der Waals surface area contributed by atoms with Crippen molar-refractivity contribution >= 4 is 46.0 Å². The van der Waals surface area contributed by atoms with E-state index in [2.05, 4.69) is 23.4 Å². The lowest BCUT2D eigenvalue weighted by atomic mass is 10.2. The molecule has 0 aliphatic heterocycles. The van der Waals surface area contributed by atoms with Gasteiger partial charge in [0.05, 0.1) is 16.1 Å². The zero-order valence-corrected chi connectivity index (χ0v) is 13.8. The van der Waals surface area contributed by atoms with Crippen molar-refractivity contribution < 1.29 is 4.39 Å². The molecule has 0 aliphatic carbocycles. The van der Waals surface area contributed by atoms with Gasteiger partial charge < -0.3 is 4.57 Å². The number of nitrogens with zero attached hydrogens (tertiary/aromatic N) is 2. The minimum absolute atomic E-state index is 0.131. The molecule has 110 valence electrons. The number of imidazole rings is 1. The van der Waals surface area contributed by atoms with Crippen LogP contribution in [-0.2, 0) is 6.42 Å².